The van der Waals surface area contributed by atoms with Gasteiger partial charge in [0.2, 0.25) is 0 Å². The molecule has 1 aromatic carbocycles. The molecule has 0 amide bonds. The SMILES string of the molecule is COc1ccc(OC)c([C@@H]2C(C#N)=C3N=C(N)c4c(sc5c4CCCCC5)N3C3=C2C(=O)CC(C)(C)C3)c1. The van der Waals surface area contributed by atoms with Gasteiger partial charge in [0, 0.05) is 28.1 Å². The topological polar surface area (TPSA) is 101 Å². The van der Waals surface area contributed by atoms with Crippen molar-refractivity contribution in [3.63, 3.8) is 0 Å². The van der Waals surface area contributed by atoms with Gasteiger partial charge in [-0.05, 0) is 61.3 Å². The normalized spacial score (nSPS) is 22.0. The smallest absolute Gasteiger partial charge is 0.162 e. The molecule has 2 aliphatic heterocycles. The first-order valence-electron chi connectivity index (χ1n) is 13.2. The molecule has 1 atom stereocenters. The van der Waals surface area contributed by atoms with Crippen molar-refractivity contribution in [3.05, 3.63) is 62.4 Å². The number of benzene rings is 1. The van der Waals surface area contributed by atoms with Crippen LogP contribution in [0.3, 0.4) is 0 Å². The summed E-state index contributed by atoms with van der Waals surface area (Å²) >= 11 is 1.75. The monoisotopic (exact) mass is 528 g/mol. The van der Waals surface area contributed by atoms with Gasteiger partial charge in [0.15, 0.2) is 11.6 Å². The van der Waals surface area contributed by atoms with Crippen LogP contribution < -0.4 is 20.1 Å². The van der Waals surface area contributed by atoms with Gasteiger partial charge < -0.3 is 15.2 Å². The summed E-state index contributed by atoms with van der Waals surface area (Å²) in [6, 6.07) is 7.94. The number of Topliss-reactive ketones (excluding diaryl/α,β-unsaturated/α-hetero) is 1. The quantitative estimate of drug-likeness (QED) is 0.510. The molecule has 2 aromatic rings. The number of thiophene rings is 1. The number of carbonyl (C=O) groups excluding carboxylic acids is 1. The zero-order chi connectivity index (χ0) is 26.8. The summed E-state index contributed by atoms with van der Waals surface area (Å²) in [4.78, 5) is 22.4. The van der Waals surface area contributed by atoms with E-state index in [1.54, 1.807) is 25.6 Å². The molecular weight excluding hydrogens is 496 g/mol. The van der Waals surface area contributed by atoms with Crippen LogP contribution in [0.25, 0.3) is 0 Å². The number of methoxy groups -OCH3 is 2. The Balaban J connectivity index is 1.66. The summed E-state index contributed by atoms with van der Waals surface area (Å²) in [6.07, 6.45) is 6.61. The number of ether oxygens (including phenoxy) is 2. The number of allylic oxidation sites excluding steroid dienone is 3. The average Bonchev–Trinajstić information content (AvgIpc) is 3.09. The number of anilines is 1. The predicted molar refractivity (Wildman–Crippen MR) is 149 cm³/mol. The molecular formula is C30H32N4O3S. The van der Waals surface area contributed by atoms with Crippen molar-refractivity contribution in [1.82, 2.24) is 0 Å². The van der Waals surface area contributed by atoms with Gasteiger partial charge >= 0.3 is 0 Å². The molecule has 0 saturated heterocycles. The number of nitriles is 1. The van der Waals surface area contributed by atoms with Gasteiger partial charge in [-0.15, -0.1) is 11.3 Å². The van der Waals surface area contributed by atoms with Gasteiger partial charge in [-0.25, -0.2) is 4.99 Å². The van der Waals surface area contributed by atoms with Crippen LogP contribution in [0, 0.1) is 16.7 Å². The third-order valence-electron chi connectivity index (χ3n) is 8.15. The number of nitrogens with zero attached hydrogens (tertiary/aromatic N) is 3. The molecule has 1 aromatic heterocycles. The second-order valence-electron chi connectivity index (χ2n) is 11.3. The van der Waals surface area contributed by atoms with E-state index in [9.17, 15) is 10.1 Å². The Hall–Kier alpha value is -3.57. The second kappa shape index (κ2) is 9.02. The highest BCUT2D eigenvalue weighted by molar-refractivity contribution is 7.17. The fourth-order valence-electron chi connectivity index (χ4n) is 6.49. The van der Waals surface area contributed by atoms with Gasteiger partial charge in [-0.1, -0.05) is 20.3 Å². The molecule has 7 nitrogen and oxygen atoms in total. The van der Waals surface area contributed by atoms with Crippen molar-refractivity contribution < 1.29 is 14.3 Å². The summed E-state index contributed by atoms with van der Waals surface area (Å²) in [5.41, 5.74) is 11.4. The highest BCUT2D eigenvalue weighted by atomic mass is 32.1. The van der Waals surface area contributed by atoms with E-state index in [1.165, 1.54) is 16.9 Å². The summed E-state index contributed by atoms with van der Waals surface area (Å²) in [7, 11) is 3.20. The fraction of sp³-hybridized carbons (Fsp3) is 0.433. The largest absolute Gasteiger partial charge is 0.497 e. The van der Waals surface area contributed by atoms with Gasteiger partial charge in [0.25, 0.3) is 0 Å². The summed E-state index contributed by atoms with van der Waals surface area (Å²) in [5, 5.41) is 11.6. The standard InChI is InChI=1S/C30H32N4O3S/c1-30(2)13-20-26(21(35)14-30)24(18-12-16(36-3)10-11-22(18)37-4)19(15-31)28-33-27(32)25-17-8-6-5-7-9-23(17)38-29(25)34(20)28/h10-12,24H,5-9,13-14H2,1-4H3,(H2,32,33)/t24-/m1/s1. The molecule has 0 saturated carbocycles. The number of ketones is 1. The van der Waals surface area contributed by atoms with E-state index in [1.807, 2.05) is 18.2 Å². The van der Waals surface area contributed by atoms with E-state index in [0.29, 0.717) is 47.1 Å². The van der Waals surface area contributed by atoms with Gasteiger partial charge in [0.1, 0.15) is 22.3 Å². The summed E-state index contributed by atoms with van der Waals surface area (Å²) in [5.74, 6) is 1.64. The molecule has 0 bridgehead atoms. The maximum atomic E-state index is 14.0. The zero-order valence-electron chi connectivity index (χ0n) is 22.3. The van der Waals surface area contributed by atoms with Crippen molar-refractivity contribution >= 4 is 28.0 Å². The van der Waals surface area contributed by atoms with Crippen LogP contribution in [0.1, 0.15) is 73.4 Å². The minimum Gasteiger partial charge on any atom is -0.497 e. The van der Waals surface area contributed by atoms with E-state index in [2.05, 4.69) is 24.8 Å². The Kier molecular flexibility index (Phi) is 5.88. The molecule has 0 spiro atoms. The highest BCUT2D eigenvalue weighted by Gasteiger charge is 2.48. The van der Waals surface area contributed by atoms with E-state index in [4.69, 9.17) is 20.2 Å². The van der Waals surface area contributed by atoms with E-state index >= 15 is 0 Å². The maximum Gasteiger partial charge on any atom is 0.162 e. The average molecular weight is 529 g/mol. The number of carbonyl (C=O) groups is 1. The Bertz CT molecular complexity index is 1500. The fourth-order valence-corrected chi connectivity index (χ4v) is 7.91. The minimum absolute atomic E-state index is 0.0557. The van der Waals surface area contributed by atoms with Crippen molar-refractivity contribution in [2.24, 2.45) is 16.1 Å². The number of aryl methyl sites for hydroxylation is 1. The minimum atomic E-state index is -0.620. The Morgan fingerprint density at radius 2 is 1.95 bits per heavy atom. The van der Waals surface area contributed by atoms with Crippen LogP contribution in [0.15, 0.2) is 45.9 Å². The van der Waals surface area contributed by atoms with Gasteiger partial charge in [-0.2, -0.15) is 5.26 Å². The zero-order valence-corrected chi connectivity index (χ0v) is 23.1. The van der Waals surface area contributed by atoms with Crippen LogP contribution in [0.4, 0.5) is 5.00 Å². The summed E-state index contributed by atoms with van der Waals surface area (Å²) in [6.45, 7) is 4.26. The molecule has 2 aliphatic carbocycles. The van der Waals surface area contributed by atoms with Crippen LogP contribution >= 0.6 is 11.3 Å². The lowest BCUT2D eigenvalue weighted by molar-refractivity contribution is -0.118. The maximum absolute atomic E-state index is 14.0. The molecule has 196 valence electrons. The molecule has 0 radical (unpaired) electrons. The molecule has 0 fully saturated rings. The predicted octanol–water partition coefficient (Wildman–Crippen LogP) is 5.74. The molecule has 6 rings (SSSR count). The Morgan fingerprint density at radius 1 is 1.16 bits per heavy atom. The summed E-state index contributed by atoms with van der Waals surface area (Å²) < 4.78 is 11.3. The first-order chi connectivity index (χ1) is 18.3. The van der Waals surface area contributed by atoms with E-state index in [-0.39, 0.29) is 11.2 Å². The third kappa shape index (κ3) is 3.67. The third-order valence-corrected chi connectivity index (χ3v) is 9.43. The molecule has 4 aliphatic rings. The number of aliphatic imine (C=N–C) groups is 1. The van der Waals surface area contributed by atoms with E-state index in [0.717, 1.165) is 47.5 Å². The molecule has 3 heterocycles. The lowest BCUT2D eigenvalue weighted by Crippen LogP contribution is -2.42. The van der Waals surface area contributed by atoms with Crippen LogP contribution in [-0.4, -0.2) is 25.8 Å². The van der Waals surface area contributed by atoms with E-state index < -0.39 is 5.92 Å². The van der Waals surface area contributed by atoms with Crippen LogP contribution in [0.5, 0.6) is 11.5 Å². The van der Waals surface area contributed by atoms with Crippen molar-refractivity contribution in [3.8, 4) is 17.6 Å². The number of amidine groups is 1. The number of rotatable bonds is 3. The molecule has 8 heteroatoms. The Morgan fingerprint density at radius 3 is 2.68 bits per heavy atom. The lowest BCUT2D eigenvalue weighted by atomic mass is 9.68. The highest BCUT2D eigenvalue weighted by Crippen LogP contribution is 2.56. The number of nitrogens with two attached hydrogens (primary N) is 1. The Labute approximate surface area is 227 Å². The second-order valence-corrected chi connectivity index (χ2v) is 12.4. The lowest BCUT2D eigenvalue weighted by Gasteiger charge is -2.44. The van der Waals surface area contributed by atoms with Crippen molar-refractivity contribution in [2.75, 3.05) is 19.1 Å². The van der Waals surface area contributed by atoms with Crippen molar-refractivity contribution in [2.45, 2.75) is 64.7 Å². The van der Waals surface area contributed by atoms with Crippen LogP contribution in [-0.2, 0) is 17.6 Å². The van der Waals surface area contributed by atoms with Crippen molar-refractivity contribution in [1.29, 1.82) is 5.26 Å². The number of hydrogen-bond acceptors (Lipinski definition) is 8. The van der Waals surface area contributed by atoms with Crippen LogP contribution in [0.2, 0.25) is 0 Å². The molecule has 2 N–H and O–H groups in total. The first-order valence-corrected chi connectivity index (χ1v) is 14.0. The number of hydrogen-bond donors (Lipinski definition) is 1. The van der Waals surface area contributed by atoms with Gasteiger partial charge in [0.05, 0.1) is 37.3 Å². The molecule has 38 heavy (non-hydrogen) atoms. The number of fused-ring (bicyclic) bond motifs is 6. The van der Waals surface area contributed by atoms with Gasteiger partial charge in [-0.3, -0.25) is 9.69 Å². The molecule has 0 unspecified atom stereocenters. The first kappa shape index (κ1) is 24.7.